The van der Waals surface area contributed by atoms with Crippen LogP contribution < -0.4 is 14.8 Å². The number of nitrogens with zero attached hydrogens (tertiary/aromatic N) is 2. The highest BCUT2D eigenvalue weighted by atomic mass is 32.2. The molecule has 1 heterocycles. The van der Waals surface area contributed by atoms with Crippen LogP contribution in [-0.4, -0.2) is 32.3 Å². The van der Waals surface area contributed by atoms with Gasteiger partial charge in [0.15, 0.2) is 5.82 Å². The summed E-state index contributed by atoms with van der Waals surface area (Å²) in [6, 6.07) is 9.34. The van der Waals surface area contributed by atoms with Gasteiger partial charge in [-0.25, -0.2) is 8.42 Å². The third-order valence-electron chi connectivity index (χ3n) is 2.96. The second-order valence-corrected chi connectivity index (χ2v) is 7.04. The van der Waals surface area contributed by atoms with E-state index in [4.69, 9.17) is 4.74 Å². The van der Waals surface area contributed by atoms with Gasteiger partial charge in [-0.1, -0.05) is 13.8 Å². The molecule has 2 N–H and O–H groups in total. The number of hydrogen-bond acceptors (Lipinski definition) is 6. The lowest BCUT2D eigenvalue weighted by Crippen LogP contribution is -2.15. The smallest absolute Gasteiger partial charge is 0.263 e. The quantitative estimate of drug-likeness (QED) is 0.806. The van der Waals surface area contributed by atoms with E-state index in [-0.39, 0.29) is 10.7 Å². The summed E-state index contributed by atoms with van der Waals surface area (Å²) in [6.45, 7) is 4.93. The van der Waals surface area contributed by atoms with E-state index in [0.29, 0.717) is 17.5 Å². The van der Waals surface area contributed by atoms with E-state index in [1.807, 2.05) is 0 Å². The lowest BCUT2D eigenvalue weighted by molar-refractivity contribution is 0.414. The van der Waals surface area contributed by atoms with Gasteiger partial charge in [0.2, 0.25) is 0 Å². The Morgan fingerprint density at radius 1 is 1.04 bits per heavy atom. The van der Waals surface area contributed by atoms with Gasteiger partial charge in [0.05, 0.1) is 12.0 Å². The van der Waals surface area contributed by atoms with Gasteiger partial charge in [0, 0.05) is 6.54 Å². The molecule has 2 rings (SSSR count). The van der Waals surface area contributed by atoms with Crippen molar-refractivity contribution in [2.45, 2.75) is 18.7 Å². The molecule has 0 aliphatic carbocycles. The van der Waals surface area contributed by atoms with Gasteiger partial charge >= 0.3 is 0 Å². The molecule has 2 aromatic rings. The summed E-state index contributed by atoms with van der Waals surface area (Å²) in [5.74, 6) is 1.83. The fraction of sp³-hybridized carbons (Fsp3) is 0.333. The van der Waals surface area contributed by atoms with Crippen molar-refractivity contribution in [1.82, 2.24) is 10.2 Å². The zero-order chi connectivity index (χ0) is 16.9. The van der Waals surface area contributed by atoms with Crippen LogP contribution in [0.3, 0.4) is 0 Å². The second kappa shape index (κ2) is 7.28. The minimum absolute atomic E-state index is 0.127. The molecule has 1 aromatic heterocycles. The topological polar surface area (TPSA) is 93.2 Å². The normalized spacial score (nSPS) is 11.3. The predicted molar refractivity (Wildman–Crippen MR) is 89.2 cm³/mol. The molecule has 0 bridgehead atoms. The number of hydrogen-bond donors (Lipinski definition) is 2. The molecule has 124 valence electrons. The Morgan fingerprint density at radius 3 is 2.17 bits per heavy atom. The minimum atomic E-state index is -3.71. The van der Waals surface area contributed by atoms with Crippen LogP contribution in [0.15, 0.2) is 41.3 Å². The number of methoxy groups -OCH3 is 1. The summed E-state index contributed by atoms with van der Waals surface area (Å²) >= 11 is 0. The van der Waals surface area contributed by atoms with Crippen LogP contribution in [0.1, 0.15) is 13.8 Å². The Kier molecular flexibility index (Phi) is 5.38. The van der Waals surface area contributed by atoms with Crippen molar-refractivity contribution >= 4 is 21.7 Å². The van der Waals surface area contributed by atoms with E-state index in [1.165, 1.54) is 19.2 Å². The maximum atomic E-state index is 12.3. The summed E-state index contributed by atoms with van der Waals surface area (Å²) in [5, 5.41) is 10.9. The Bertz CT molecular complexity index is 728. The molecule has 0 saturated carbocycles. The number of rotatable bonds is 7. The molecule has 7 nitrogen and oxygen atoms in total. The number of nitrogens with one attached hydrogen (secondary N) is 2. The van der Waals surface area contributed by atoms with Gasteiger partial charge in [0.25, 0.3) is 10.0 Å². The average molecular weight is 336 g/mol. The molecular formula is C15H20N4O3S. The largest absolute Gasteiger partial charge is 0.497 e. The van der Waals surface area contributed by atoms with Crippen LogP contribution in [0.25, 0.3) is 0 Å². The first-order valence-electron chi connectivity index (χ1n) is 7.15. The molecule has 0 spiro atoms. The predicted octanol–water partition coefficient (Wildman–Crippen LogP) is 2.35. The van der Waals surface area contributed by atoms with Crippen molar-refractivity contribution < 1.29 is 13.2 Å². The fourth-order valence-electron chi connectivity index (χ4n) is 1.74. The zero-order valence-electron chi connectivity index (χ0n) is 13.3. The Balaban J connectivity index is 2.07. The monoisotopic (exact) mass is 336 g/mol. The van der Waals surface area contributed by atoms with Crippen LogP contribution in [0.5, 0.6) is 5.75 Å². The highest BCUT2D eigenvalue weighted by molar-refractivity contribution is 7.92. The highest BCUT2D eigenvalue weighted by Crippen LogP contribution is 2.18. The maximum Gasteiger partial charge on any atom is 0.263 e. The van der Waals surface area contributed by atoms with Crippen LogP contribution in [-0.2, 0) is 10.0 Å². The standard InChI is InChI=1S/C15H20N4O3S/c1-11(2)10-16-14-8-9-15(18-17-14)19-23(20,21)13-6-4-12(22-3)5-7-13/h4-9,11H,10H2,1-3H3,(H,16,17)(H,18,19). The van der Waals surface area contributed by atoms with Crippen molar-refractivity contribution in [2.24, 2.45) is 5.92 Å². The molecule has 0 unspecified atom stereocenters. The lowest BCUT2D eigenvalue weighted by Gasteiger charge is -2.09. The molecule has 0 fully saturated rings. The average Bonchev–Trinajstić information content (AvgIpc) is 2.54. The number of sulfonamides is 1. The Hall–Kier alpha value is -2.35. The van der Waals surface area contributed by atoms with Gasteiger partial charge in [-0.2, -0.15) is 0 Å². The number of ether oxygens (including phenoxy) is 1. The SMILES string of the molecule is COc1ccc(S(=O)(=O)Nc2ccc(NCC(C)C)nn2)cc1. The summed E-state index contributed by atoms with van der Waals surface area (Å²) in [7, 11) is -2.19. The number of benzene rings is 1. The molecule has 0 saturated heterocycles. The van der Waals surface area contributed by atoms with Gasteiger partial charge < -0.3 is 10.1 Å². The van der Waals surface area contributed by atoms with Crippen LogP contribution in [0, 0.1) is 5.92 Å². The van der Waals surface area contributed by atoms with E-state index in [0.717, 1.165) is 6.54 Å². The van der Waals surface area contributed by atoms with Crippen LogP contribution in [0.4, 0.5) is 11.6 Å². The van der Waals surface area contributed by atoms with E-state index in [2.05, 4.69) is 34.1 Å². The molecular weight excluding hydrogens is 316 g/mol. The number of anilines is 2. The van der Waals surface area contributed by atoms with Crippen molar-refractivity contribution in [2.75, 3.05) is 23.7 Å². The van der Waals surface area contributed by atoms with E-state index in [9.17, 15) is 8.42 Å². The molecule has 23 heavy (non-hydrogen) atoms. The molecule has 0 radical (unpaired) electrons. The second-order valence-electron chi connectivity index (χ2n) is 5.36. The first-order valence-corrected chi connectivity index (χ1v) is 8.63. The molecule has 8 heteroatoms. The van der Waals surface area contributed by atoms with Gasteiger partial charge in [0.1, 0.15) is 11.6 Å². The van der Waals surface area contributed by atoms with Crippen molar-refractivity contribution in [3.63, 3.8) is 0 Å². The van der Waals surface area contributed by atoms with Gasteiger partial charge in [-0.3, -0.25) is 4.72 Å². The summed E-state index contributed by atoms with van der Waals surface area (Å²) in [4.78, 5) is 0.127. The van der Waals surface area contributed by atoms with E-state index < -0.39 is 10.0 Å². The van der Waals surface area contributed by atoms with Crippen molar-refractivity contribution in [3.05, 3.63) is 36.4 Å². The highest BCUT2D eigenvalue weighted by Gasteiger charge is 2.15. The molecule has 0 aliphatic heterocycles. The molecule has 0 aliphatic rings. The van der Waals surface area contributed by atoms with E-state index >= 15 is 0 Å². The van der Waals surface area contributed by atoms with Crippen molar-refractivity contribution in [3.8, 4) is 5.75 Å². The Labute approximate surface area is 136 Å². The summed E-state index contributed by atoms with van der Waals surface area (Å²) in [5.41, 5.74) is 0. The Morgan fingerprint density at radius 2 is 1.65 bits per heavy atom. The third-order valence-corrected chi connectivity index (χ3v) is 4.34. The molecule has 1 aromatic carbocycles. The van der Waals surface area contributed by atoms with E-state index in [1.54, 1.807) is 24.3 Å². The first-order chi connectivity index (χ1) is 10.9. The minimum Gasteiger partial charge on any atom is -0.497 e. The zero-order valence-corrected chi connectivity index (χ0v) is 14.1. The van der Waals surface area contributed by atoms with Gasteiger partial charge in [-0.05, 0) is 42.3 Å². The third kappa shape index (κ3) is 4.82. The van der Waals surface area contributed by atoms with Crippen LogP contribution >= 0.6 is 0 Å². The molecule has 0 amide bonds. The van der Waals surface area contributed by atoms with Crippen molar-refractivity contribution in [1.29, 1.82) is 0 Å². The first kappa shape index (κ1) is 17.0. The summed E-state index contributed by atoms with van der Waals surface area (Å²) < 4.78 is 31.9. The van der Waals surface area contributed by atoms with Gasteiger partial charge in [-0.15, -0.1) is 10.2 Å². The summed E-state index contributed by atoms with van der Waals surface area (Å²) in [6.07, 6.45) is 0. The van der Waals surface area contributed by atoms with Crippen LogP contribution in [0.2, 0.25) is 0 Å². The number of aromatic nitrogens is 2. The fourth-order valence-corrected chi connectivity index (χ4v) is 2.74. The lowest BCUT2D eigenvalue weighted by atomic mass is 10.2. The molecule has 0 atom stereocenters. The maximum absolute atomic E-state index is 12.3.